The number of rotatable bonds is 3. The molecule has 0 aliphatic carbocycles. The first-order chi connectivity index (χ1) is 13.0. The van der Waals surface area contributed by atoms with Crippen LogP contribution in [-0.2, 0) is 0 Å². The fourth-order valence-corrected chi connectivity index (χ4v) is 3.93. The molecule has 132 valence electrons. The van der Waals surface area contributed by atoms with E-state index >= 15 is 0 Å². The number of H-pyrrole nitrogens is 1. The molecule has 3 rings (SSSR count). The van der Waals surface area contributed by atoms with Gasteiger partial charge >= 0.3 is 0 Å². The Labute approximate surface area is 165 Å². The predicted molar refractivity (Wildman–Crippen MR) is 107 cm³/mol. The number of hydrogen-bond donors (Lipinski definition) is 2. The largest absolute Gasteiger partial charge is 0.382 e. The number of nitrogens with two attached hydrogens (primary N) is 1. The topological polar surface area (TPSA) is 115 Å². The molecule has 0 radical (unpaired) electrons. The highest BCUT2D eigenvalue weighted by Crippen LogP contribution is 2.34. The van der Waals surface area contributed by atoms with Crippen LogP contribution in [0.15, 0.2) is 40.4 Å². The number of aryl methyl sites for hydroxylation is 1. The highest BCUT2D eigenvalue weighted by molar-refractivity contribution is 7.99. The van der Waals surface area contributed by atoms with E-state index in [1.54, 1.807) is 0 Å². The summed E-state index contributed by atoms with van der Waals surface area (Å²) in [5.74, 6) is 0.119. The van der Waals surface area contributed by atoms with E-state index in [0.29, 0.717) is 21.1 Å². The van der Waals surface area contributed by atoms with Gasteiger partial charge in [0.25, 0.3) is 0 Å². The molecule has 0 aliphatic heterocycles. The van der Waals surface area contributed by atoms with Crippen molar-refractivity contribution < 1.29 is 0 Å². The molecule has 0 amide bonds. The number of nitrogens with zero attached hydrogens (tertiary/aromatic N) is 4. The number of aromatic nitrogens is 3. The molecular formula is C19H14N6S2. The number of anilines is 1. The molecule has 0 saturated heterocycles. The molecule has 2 aromatic heterocycles. The lowest BCUT2D eigenvalue weighted by molar-refractivity contribution is 0.966. The van der Waals surface area contributed by atoms with Crippen molar-refractivity contribution in [2.75, 3.05) is 5.73 Å². The maximum absolute atomic E-state index is 9.46. The summed E-state index contributed by atoms with van der Waals surface area (Å²) in [5.41, 5.74) is 9.51. The molecule has 0 spiro atoms. The second-order valence-electron chi connectivity index (χ2n) is 5.71. The highest BCUT2D eigenvalue weighted by atomic mass is 32.2. The van der Waals surface area contributed by atoms with Crippen molar-refractivity contribution in [1.29, 1.82) is 10.5 Å². The zero-order valence-corrected chi connectivity index (χ0v) is 16.2. The van der Waals surface area contributed by atoms with Gasteiger partial charge in [-0.15, -0.1) is 0 Å². The van der Waals surface area contributed by atoms with Gasteiger partial charge in [-0.3, -0.25) is 0 Å². The number of nitriles is 2. The summed E-state index contributed by atoms with van der Waals surface area (Å²) < 4.78 is 0.405. The summed E-state index contributed by atoms with van der Waals surface area (Å²) in [6, 6.07) is 13.6. The van der Waals surface area contributed by atoms with Crippen molar-refractivity contribution in [3.05, 3.63) is 57.4 Å². The van der Waals surface area contributed by atoms with Crippen LogP contribution in [0.5, 0.6) is 0 Å². The highest BCUT2D eigenvalue weighted by Gasteiger charge is 2.17. The summed E-state index contributed by atoms with van der Waals surface area (Å²) in [5, 5.41) is 19.2. The Bertz CT molecular complexity index is 1170. The quantitative estimate of drug-likeness (QED) is 0.506. The molecule has 3 aromatic rings. The smallest absolute Gasteiger partial charge is 0.195 e. The predicted octanol–water partition coefficient (Wildman–Crippen LogP) is 4.29. The fraction of sp³-hybridized carbons (Fsp3) is 0.105. The Kier molecular flexibility index (Phi) is 5.22. The Hall–Kier alpha value is -3.20. The van der Waals surface area contributed by atoms with E-state index in [1.165, 1.54) is 11.8 Å². The zero-order chi connectivity index (χ0) is 19.6. The maximum atomic E-state index is 9.46. The van der Waals surface area contributed by atoms with E-state index in [2.05, 4.69) is 27.1 Å². The number of hydrogen-bond acceptors (Lipinski definition) is 7. The minimum absolute atomic E-state index is 0.119. The van der Waals surface area contributed by atoms with Gasteiger partial charge in [0.1, 0.15) is 28.2 Å². The first-order valence-electron chi connectivity index (χ1n) is 7.90. The Morgan fingerprint density at radius 2 is 1.74 bits per heavy atom. The number of nitrogens with one attached hydrogen (secondary N) is 1. The molecule has 27 heavy (non-hydrogen) atoms. The van der Waals surface area contributed by atoms with Crippen LogP contribution in [-0.4, -0.2) is 15.0 Å². The maximum Gasteiger partial charge on any atom is 0.195 e. The van der Waals surface area contributed by atoms with Crippen LogP contribution >= 0.6 is 24.0 Å². The average molecular weight is 390 g/mol. The van der Waals surface area contributed by atoms with Crippen molar-refractivity contribution >= 4 is 29.8 Å². The van der Waals surface area contributed by atoms with Crippen LogP contribution < -0.4 is 5.73 Å². The van der Waals surface area contributed by atoms with Crippen LogP contribution in [0.1, 0.15) is 22.4 Å². The van der Waals surface area contributed by atoms with Crippen molar-refractivity contribution in [2.45, 2.75) is 23.9 Å². The summed E-state index contributed by atoms with van der Waals surface area (Å²) >= 11 is 6.50. The summed E-state index contributed by atoms with van der Waals surface area (Å²) in [4.78, 5) is 12.7. The van der Waals surface area contributed by atoms with Crippen LogP contribution in [0.2, 0.25) is 0 Å². The number of benzene rings is 1. The molecule has 0 saturated carbocycles. The van der Waals surface area contributed by atoms with Crippen LogP contribution in [0.4, 0.5) is 5.82 Å². The molecule has 0 bridgehead atoms. The Balaban J connectivity index is 2.16. The standard InChI is InChI=1S/C19H14N6S2/c1-10-13(8-20)18(26)23-11(2)16(10)27-19-24-15(12-6-4-3-5-7-12)14(9-21)17(22)25-19/h3-7H,1-2H3,(H,23,26)(H2,22,24,25). The fourth-order valence-electron chi connectivity index (χ4n) is 2.65. The Morgan fingerprint density at radius 3 is 2.37 bits per heavy atom. The lowest BCUT2D eigenvalue weighted by Crippen LogP contribution is -2.03. The molecule has 3 N–H and O–H groups in total. The lowest BCUT2D eigenvalue weighted by atomic mass is 10.1. The van der Waals surface area contributed by atoms with Gasteiger partial charge in [-0.1, -0.05) is 42.5 Å². The van der Waals surface area contributed by atoms with E-state index in [-0.39, 0.29) is 11.4 Å². The molecule has 2 heterocycles. The number of nitrogen functional groups attached to an aromatic ring is 1. The molecule has 0 atom stereocenters. The molecule has 8 heteroatoms. The van der Waals surface area contributed by atoms with Crippen molar-refractivity contribution in [3.8, 4) is 23.4 Å². The molecular weight excluding hydrogens is 376 g/mol. The summed E-state index contributed by atoms with van der Waals surface area (Å²) in [7, 11) is 0. The van der Waals surface area contributed by atoms with E-state index in [0.717, 1.165) is 21.7 Å². The van der Waals surface area contributed by atoms with Gasteiger partial charge in [0.15, 0.2) is 5.16 Å². The van der Waals surface area contributed by atoms with Gasteiger partial charge < -0.3 is 10.7 Å². The van der Waals surface area contributed by atoms with Gasteiger partial charge in [0.2, 0.25) is 0 Å². The molecule has 0 aliphatic rings. The second-order valence-corrected chi connectivity index (χ2v) is 7.10. The third kappa shape index (κ3) is 3.54. The second kappa shape index (κ2) is 7.58. The van der Waals surface area contributed by atoms with E-state index in [1.807, 2.05) is 44.2 Å². The normalized spacial score (nSPS) is 10.2. The van der Waals surface area contributed by atoms with Gasteiger partial charge in [-0.05, 0) is 31.2 Å². The average Bonchev–Trinajstić information content (AvgIpc) is 2.65. The number of pyridine rings is 1. The first-order valence-corrected chi connectivity index (χ1v) is 9.13. The molecule has 6 nitrogen and oxygen atoms in total. The van der Waals surface area contributed by atoms with E-state index in [4.69, 9.17) is 18.0 Å². The van der Waals surface area contributed by atoms with Crippen molar-refractivity contribution in [3.63, 3.8) is 0 Å². The number of aromatic amines is 1. The van der Waals surface area contributed by atoms with Gasteiger partial charge in [0.05, 0.1) is 11.3 Å². The third-order valence-electron chi connectivity index (χ3n) is 3.96. The zero-order valence-electron chi connectivity index (χ0n) is 14.6. The van der Waals surface area contributed by atoms with Crippen LogP contribution in [0, 0.1) is 41.2 Å². The lowest BCUT2D eigenvalue weighted by Gasteiger charge is -2.12. The monoisotopic (exact) mass is 390 g/mol. The van der Waals surface area contributed by atoms with E-state index in [9.17, 15) is 10.5 Å². The van der Waals surface area contributed by atoms with Crippen LogP contribution in [0.25, 0.3) is 11.3 Å². The Morgan fingerprint density at radius 1 is 1.07 bits per heavy atom. The third-order valence-corrected chi connectivity index (χ3v) is 5.45. The molecule has 0 fully saturated rings. The van der Waals surface area contributed by atoms with Gasteiger partial charge in [-0.25, -0.2) is 9.97 Å². The van der Waals surface area contributed by atoms with E-state index < -0.39 is 0 Å². The SMILES string of the molecule is Cc1[nH]c(=S)c(C#N)c(C)c1Sc1nc(N)c(C#N)c(-c2ccccc2)n1. The van der Waals surface area contributed by atoms with Crippen molar-refractivity contribution in [1.82, 2.24) is 15.0 Å². The molecule has 0 unspecified atom stereocenters. The first kappa shape index (κ1) is 18.6. The van der Waals surface area contributed by atoms with Gasteiger partial charge in [0, 0.05) is 16.2 Å². The van der Waals surface area contributed by atoms with Crippen LogP contribution in [0.3, 0.4) is 0 Å². The van der Waals surface area contributed by atoms with Crippen molar-refractivity contribution in [2.24, 2.45) is 0 Å². The summed E-state index contributed by atoms with van der Waals surface area (Å²) in [6.45, 7) is 3.71. The summed E-state index contributed by atoms with van der Waals surface area (Å²) in [6.07, 6.45) is 0. The van der Waals surface area contributed by atoms with Gasteiger partial charge in [-0.2, -0.15) is 10.5 Å². The molecule has 1 aromatic carbocycles. The minimum atomic E-state index is 0.119. The minimum Gasteiger partial charge on any atom is -0.382 e.